The molecule has 1 aliphatic carbocycles. The maximum atomic E-state index is 12.3. The minimum absolute atomic E-state index is 0.0535. The summed E-state index contributed by atoms with van der Waals surface area (Å²) in [5, 5.41) is 9.99. The highest BCUT2D eigenvalue weighted by molar-refractivity contribution is 7.99. The lowest BCUT2D eigenvalue weighted by molar-refractivity contribution is 0.0925. The van der Waals surface area contributed by atoms with Crippen LogP contribution in [-0.4, -0.2) is 26.8 Å². The van der Waals surface area contributed by atoms with Gasteiger partial charge in [-0.2, -0.15) is 0 Å². The first kappa shape index (κ1) is 12.9. The Labute approximate surface area is 126 Å². The highest BCUT2D eigenvalue weighted by Crippen LogP contribution is 2.38. The van der Waals surface area contributed by atoms with Crippen LogP contribution in [0, 0.1) is 0 Å². The largest absolute Gasteiger partial charge is 0.342 e. The van der Waals surface area contributed by atoms with Crippen molar-refractivity contribution in [2.75, 3.05) is 5.75 Å². The first-order valence-electron chi connectivity index (χ1n) is 7.26. The number of aromatic nitrogens is 3. The number of fused-ring (bicyclic) bond motifs is 1. The van der Waals surface area contributed by atoms with Crippen molar-refractivity contribution in [3.05, 3.63) is 41.5 Å². The minimum atomic E-state index is -0.190. The van der Waals surface area contributed by atoms with E-state index in [0.29, 0.717) is 5.92 Å². The van der Waals surface area contributed by atoms with Gasteiger partial charge in [-0.3, -0.25) is 9.89 Å². The molecule has 21 heavy (non-hydrogen) atoms. The summed E-state index contributed by atoms with van der Waals surface area (Å²) in [6.45, 7) is 0. The standard InChI is InChI=1S/C15H16N4OS/c20-15(14-17-13(18-19-14)9-5-6-9)16-11-7-8-21-12-4-2-1-3-10(11)12/h1-4,9,11H,5-8H2,(H,16,20)(H,17,18,19). The molecule has 5 nitrogen and oxygen atoms in total. The average Bonchev–Trinajstić information content (AvgIpc) is 3.25. The van der Waals surface area contributed by atoms with Crippen LogP contribution in [0.4, 0.5) is 0 Å². The molecule has 1 aromatic heterocycles. The predicted octanol–water partition coefficient (Wildman–Crippen LogP) is 2.65. The Kier molecular flexibility index (Phi) is 3.18. The third-order valence-electron chi connectivity index (χ3n) is 3.93. The van der Waals surface area contributed by atoms with Crippen LogP contribution in [0.3, 0.4) is 0 Å². The summed E-state index contributed by atoms with van der Waals surface area (Å²) in [4.78, 5) is 17.9. The van der Waals surface area contributed by atoms with Gasteiger partial charge in [0, 0.05) is 16.6 Å². The monoisotopic (exact) mass is 300 g/mol. The maximum Gasteiger partial charge on any atom is 0.291 e. The molecule has 2 aromatic rings. The molecule has 108 valence electrons. The molecule has 1 atom stereocenters. The molecule has 6 heteroatoms. The van der Waals surface area contributed by atoms with E-state index in [1.54, 1.807) is 0 Å². The van der Waals surface area contributed by atoms with Crippen molar-refractivity contribution < 1.29 is 4.79 Å². The Morgan fingerprint density at radius 2 is 2.14 bits per heavy atom. The molecule has 1 unspecified atom stereocenters. The molecule has 1 fully saturated rings. The van der Waals surface area contributed by atoms with Gasteiger partial charge in [0.1, 0.15) is 5.82 Å². The average molecular weight is 300 g/mol. The number of amides is 1. The quantitative estimate of drug-likeness (QED) is 0.914. The predicted molar refractivity (Wildman–Crippen MR) is 80.3 cm³/mol. The molecule has 0 saturated heterocycles. The number of thioether (sulfide) groups is 1. The smallest absolute Gasteiger partial charge is 0.291 e. The van der Waals surface area contributed by atoms with Gasteiger partial charge in [-0.25, -0.2) is 4.98 Å². The lowest BCUT2D eigenvalue weighted by Crippen LogP contribution is -2.31. The number of benzene rings is 1. The summed E-state index contributed by atoms with van der Waals surface area (Å²) in [5.41, 5.74) is 1.19. The fourth-order valence-electron chi connectivity index (χ4n) is 2.63. The third-order valence-corrected chi connectivity index (χ3v) is 5.06. The SMILES string of the molecule is O=C(NC1CCSc2ccccc21)c1n[nH]c(C2CC2)n1. The van der Waals surface area contributed by atoms with E-state index in [9.17, 15) is 4.79 Å². The van der Waals surface area contributed by atoms with Gasteiger partial charge in [-0.1, -0.05) is 18.2 Å². The summed E-state index contributed by atoms with van der Waals surface area (Å²) in [5.74, 6) is 2.41. The molecule has 4 rings (SSSR count). The lowest BCUT2D eigenvalue weighted by atomic mass is 10.0. The van der Waals surface area contributed by atoms with Gasteiger partial charge in [-0.05, 0) is 30.9 Å². The number of hydrogen-bond acceptors (Lipinski definition) is 4. The Morgan fingerprint density at radius 3 is 3.00 bits per heavy atom. The molecule has 1 saturated carbocycles. The van der Waals surface area contributed by atoms with Gasteiger partial charge in [0.15, 0.2) is 0 Å². The van der Waals surface area contributed by atoms with Gasteiger partial charge in [0.25, 0.3) is 5.91 Å². The molecule has 2 aliphatic rings. The van der Waals surface area contributed by atoms with E-state index in [-0.39, 0.29) is 17.8 Å². The van der Waals surface area contributed by atoms with E-state index < -0.39 is 0 Å². The number of carbonyl (C=O) groups excluding carboxylic acids is 1. The topological polar surface area (TPSA) is 70.7 Å². The van der Waals surface area contributed by atoms with Crippen LogP contribution in [0.5, 0.6) is 0 Å². The van der Waals surface area contributed by atoms with E-state index in [1.165, 1.54) is 10.5 Å². The summed E-state index contributed by atoms with van der Waals surface area (Å²) in [6.07, 6.45) is 3.22. The highest BCUT2D eigenvalue weighted by Gasteiger charge is 2.29. The molecule has 2 N–H and O–H groups in total. The number of rotatable bonds is 3. The van der Waals surface area contributed by atoms with Crippen LogP contribution >= 0.6 is 11.8 Å². The molecule has 1 amide bonds. The van der Waals surface area contributed by atoms with Crippen molar-refractivity contribution in [2.24, 2.45) is 0 Å². The van der Waals surface area contributed by atoms with Crippen LogP contribution in [0.2, 0.25) is 0 Å². The Bertz CT molecular complexity index is 680. The van der Waals surface area contributed by atoms with Gasteiger partial charge in [-0.15, -0.1) is 16.9 Å². The van der Waals surface area contributed by atoms with Gasteiger partial charge in [0.05, 0.1) is 6.04 Å². The zero-order valence-electron chi connectivity index (χ0n) is 11.5. The zero-order valence-corrected chi connectivity index (χ0v) is 12.3. The van der Waals surface area contributed by atoms with Crippen molar-refractivity contribution in [2.45, 2.75) is 36.1 Å². The third kappa shape index (κ3) is 2.55. The van der Waals surface area contributed by atoms with Crippen molar-refractivity contribution >= 4 is 17.7 Å². The second-order valence-electron chi connectivity index (χ2n) is 5.52. The minimum Gasteiger partial charge on any atom is -0.342 e. The van der Waals surface area contributed by atoms with E-state index >= 15 is 0 Å². The molecular weight excluding hydrogens is 284 g/mol. The van der Waals surface area contributed by atoms with E-state index in [0.717, 1.165) is 30.8 Å². The van der Waals surface area contributed by atoms with Crippen molar-refractivity contribution in [1.29, 1.82) is 0 Å². The molecule has 2 heterocycles. The van der Waals surface area contributed by atoms with Gasteiger partial charge < -0.3 is 5.32 Å². The van der Waals surface area contributed by atoms with E-state index in [2.05, 4.69) is 32.6 Å². The Balaban J connectivity index is 1.51. The van der Waals surface area contributed by atoms with Crippen LogP contribution < -0.4 is 5.32 Å². The number of nitrogens with one attached hydrogen (secondary N) is 2. The second kappa shape index (κ2) is 5.18. The van der Waals surface area contributed by atoms with Crippen molar-refractivity contribution in [3.63, 3.8) is 0 Å². The molecule has 1 aliphatic heterocycles. The Hall–Kier alpha value is -1.82. The van der Waals surface area contributed by atoms with Crippen molar-refractivity contribution in [1.82, 2.24) is 20.5 Å². The lowest BCUT2D eigenvalue weighted by Gasteiger charge is -2.25. The zero-order chi connectivity index (χ0) is 14.2. The van der Waals surface area contributed by atoms with Crippen LogP contribution in [-0.2, 0) is 0 Å². The maximum absolute atomic E-state index is 12.3. The molecular formula is C15H16N4OS. The first-order valence-corrected chi connectivity index (χ1v) is 8.25. The van der Waals surface area contributed by atoms with Crippen LogP contribution in [0.1, 0.15) is 53.2 Å². The fourth-order valence-corrected chi connectivity index (χ4v) is 3.76. The van der Waals surface area contributed by atoms with Gasteiger partial charge >= 0.3 is 0 Å². The number of aromatic amines is 1. The molecule has 1 aromatic carbocycles. The summed E-state index contributed by atoms with van der Waals surface area (Å²) in [7, 11) is 0. The molecule has 0 bridgehead atoms. The van der Waals surface area contributed by atoms with Crippen molar-refractivity contribution in [3.8, 4) is 0 Å². The number of H-pyrrole nitrogens is 1. The van der Waals surface area contributed by atoms with Crippen LogP contribution in [0.25, 0.3) is 0 Å². The highest BCUT2D eigenvalue weighted by atomic mass is 32.2. The number of nitrogens with zero attached hydrogens (tertiary/aromatic N) is 2. The number of hydrogen-bond donors (Lipinski definition) is 2. The second-order valence-corrected chi connectivity index (χ2v) is 6.66. The summed E-state index contributed by atoms with van der Waals surface area (Å²) >= 11 is 1.84. The fraction of sp³-hybridized carbons (Fsp3) is 0.400. The Morgan fingerprint density at radius 1 is 1.29 bits per heavy atom. The normalized spacial score (nSPS) is 20.9. The molecule has 0 spiro atoms. The number of carbonyl (C=O) groups is 1. The van der Waals surface area contributed by atoms with E-state index in [4.69, 9.17) is 0 Å². The van der Waals surface area contributed by atoms with E-state index in [1.807, 2.05) is 23.9 Å². The first-order chi connectivity index (χ1) is 10.3. The summed E-state index contributed by atoms with van der Waals surface area (Å²) < 4.78 is 0. The summed E-state index contributed by atoms with van der Waals surface area (Å²) in [6, 6.07) is 8.30. The molecule has 0 radical (unpaired) electrons. The van der Waals surface area contributed by atoms with Crippen LogP contribution in [0.15, 0.2) is 29.2 Å². The van der Waals surface area contributed by atoms with Gasteiger partial charge in [0.2, 0.25) is 5.82 Å².